The van der Waals surface area contributed by atoms with Crippen LogP contribution < -0.4 is 9.47 Å². The number of benzene rings is 2. The maximum atomic E-state index is 6.53. The van der Waals surface area contributed by atoms with Crippen molar-refractivity contribution in [3.8, 4) is 11.5 Å². The molecule has 30 heavy (non-hydrogen) atoms. The van der Waals surface area contributed by atoms with Crippen LogP contribution in [0.5, 0.6) is 11.5 Å². The van der Waals surface area contributed by atoms with Gasteiger partial charge in [-0.15, -0.1) is 0 Å². The highest BCUT2D eigenvalue weighted by Gasteiger charge is 2.30. The minimum absolute atomic E-state index is 0.0473. The van der Waals surface area contributed by atoms with Crippen LogP contribution in [0.2, 0.25) is 0 Å². The van der Waals surface area contributed by atoms with Crippen molar-refractivity contribution in [1.29, 1.82) is 0 Å². The summed E-state index contributed by atoms with van der Waals surface area (Å²) < 4.78 is 13.1. The van der Waals surface area contributed by atoms with E-state index in [9.17, 15) is 0 Å². The molecule has 0 N–H and O–H groups in total. The van der Waals surface area contributed by atoms with Crippen LogP contribution in [0.4, 0.5) is 0 Å². The van der Waals surface area contributed by atoms with Crippen LogP contribution in [-0.4, -0.2) is 11.2 Å². The fraction of sp³-hybridized carbons (Fsp3) is 0.571. The van der Waals surface area contributed by atoms with Crippen molar-refractivity contribution in [3.63, 3.8) is 0 Å². The molecule has 0 spiro atoms. The standard InChI is InChI=1S/C28H42O2/c1-25(2,3)21-15-11-13-17-23(21)29-27(7,8)19-20-28(9,10)30-24-18-14-12-16-22(24)26(4,5)6/h11-18H,19-20H2,1-10H3. The fourth-order valence-corrected chi connectivity index (χ4v) is 3.65. The van der Waals surface area contributed by atoms with Gasteiger partial charge < -0.3 is 9.47 Å². The zero-order valence-electron chi connectivity index (χ0n) is 20.8. The first-order valence-electron chi connectivity index (χ1n) is 11.2. The maximum Gasteiger partial charge on any atom is 0.123 e. The summed E-state index contributed by atoms with van der Waals surface area (Å²) in [5, 5.41) is 0. The Morgan fingerprint density at radius 1 is 0.500 bits per heavy atom. The molecule has 0 amide bonds. The first-order valence-corrected chi connectivity index (χ1v) is 11.2. The summed E-state index contributed by atoms with van der Waals surface area (Å²) in [6.07, 6.45) is 1.80. The number of para-hydroxylation sites is 2. The van der Waals surface area contributed by atoms with Gasteiger partial charge in [-0.1, -0.05) is 77.9 Å². The van der Waals surface area contributed by atoms with Gasteiger partial charge in [0.2, 0.25) is 0 Å². The van der Waals surface area contributed by atoms with E-state index in [-0.39, 0.29) is 22.0 Å². The minimum atomic E-state index is -0.286. The van der Waals surface area contributed by atoms with Gasteiger partial charge in [0, 0.05) is 0 Å². The summed E-state index contributed by atoms with van der Waals surface area (Å²) in [7, 11) is 0. The highest BCUT2D eigenvalue weighted by Crippen LogP contribution is 2.37. The Labute approximate surface area is 185 Å². The van der Waals surface area contributed by atoms with E-state index in [0.717, 1.165) is 24.3 Å². The third-order valence-corrected chi connectivity index (χ3v) is 5.49. The Kier molecular flexibility index (Phi) is 7.01. The highest BCUT2D eigenvalue weighted by molar-refractivity contribution is 5.39. The molecule has 0 aliphatic rings. The quantitative estimate of drug-likeness (QED) is 0.459. The van der Waals surface area contributed by atoms with Gasteiger partial charge in [-0.2, -0.15) is 0 Å². The second kappa shape index (κ2) is 8.65. The topological polar surface area (TPSA) is 18.5 Å². The molecule has 0 aliphatic carbocycles. The van der Waals surface area contributed by atoms with Gasteiger partial charge in [0.1, 0.15) is 22.7 Å². The van der Waals surface area contributed by atoms with Crippen molar-refractivity contribution in [2.24, 2.45) is 0 Å². The van der Waals surface area contributed by atoms with Crippen molar-refractivity contribution in [2.75, 3.05) is 0 Å². The molecule has 166 valence electrons. The van der Waals surface area contributed by atoms with E-state index in [1.165, 1.54) is 11.1 Å². The van der Waals surface area contributed by atoms with Crippen LogP contribution in [0.3, 0.4) is 0 Å². The van der Waals surface area contributed by atoms with E-state index in [0.29, 0.717) is 0 Å². The molecule has 2 nitrogen and oxygen atoms in total. The molecule has 0 fully saturated rings. The average molecular weight is 411 g/mol. The van der Waals surface area contributed by atoms with Crippen molar-refractivity contribution in [3.05, 3.63) is 59.7 Å². The van der Waals surface area contributed by atoms with E-state index in [1.54, 1.807) is 0 Å². The van der Waals surface area contributed by atoms with Crippen molar-refractivity contribution in [2.45, 2.75) is 104 Å². The summed E-state index contributed by atoms with van der Waals surface area (Å²) in [4.78, 5) is 0. The first kappa shape index (κ1) is 24.3. The molecule has 0 saturated heterocycles. The molecule has 0 aliphatic heterocycles. The smallest absolute Gasteiger partial charge is 0.123 e. The Hall–Kier alpha value is -1.96. The van der Waals surface area contributed by atoms with E-state index in [4.69, 9.17) is 9.47 Å². The third kappa shape index (κ3) is 6.79. The Morgan fingerprint density at radius 2 is 0.800 bits per heavy atom. The predicted octanol–water partition coefficient (Wildman–Crippen LogP) is 8.08. The number of rotatable bonds is 7. The lowest BCUT2D eigenvalue weighted by molar-refractivity contribution is 0.0431. The Bertz CT molecular complexity index is 761. The molecule has 0 unspecified atom stereocenters. The molecule has 0 aromatic heterocycles. The Balaban J connectivity index is 2.11. The highest BCUT2D eigenvalue weighted by atomic mass is 16.5. The summed E-state index contributed by atoms with van der Waals surface area (Å²) in [6.45, 7) is 22.1. The average Bonchev–Trinajstić information content (AvgIpc) is 2.59. The molecule has 2 aromatic carbocycles. The lowest BCUT2D eigenvalue weighted by Crippen LogP contribution is -2.36. The second-order valence-electron chi connectivity index (χ2n) is 11.7. The van der Waals surface area contributed by atoms with Crippen molar-refractivity contribution >= 4 is 0 Å². The van der Waals surface area contributed by atoms with E-state index in [1.807, 2.05) is 0 Å². The lowest BCUT2D eigenvalue weighted by atomic mass is 9.86. The van der Waals surface area contributed by atoms with Gasteiger partial charge in [0.15, 0.2) is 0 Å². The molecular formula is C28H42O2. The van der Waals surface area contributed by atoms with Crippen LogP contribution in [0, 0.1) is 0 Å². The molecule has 2 rings (SSSR count). The molecule has 2 aromatic rings. The summed E-state index contributed by atoms with van der Waals surface area (Å²) in [6, 6.07) is 16.8. The summed E-state index contributed by atoms with van der Waals surface area (Å²) in [5.74, 6) is 1.96. The summed E-state index contributed by atoms with van der Waals surface area (Å²) >= 11 is 0. The zero-order valence-corrected chi connectivity index (χ0v) is 20.8. The molecule has 0 bridgehead atoms. The first-order chi connectivity index (χ1) is 13.6. The molecule has 0 radical (unpaired) electrons. The number of hydrogen-bond acceptors (Lipinski definition) is 2. The number of ether oxygens (including phenoxy) is 2. The largest absolute Gasteiger partial charge is 0.488 e. The van der Waals surface area contributed by atoms with Gasteiger partial charge in [0.25, 0.3) is 0 Å². The van der Waals surface area contributed by atoms with Crippen LogP contribution in [0.15, 0.2) is 48.5 Å². The zero-order chi connectivity index (χ0) is 22.8. The minimum Gasteiger partial charge on any atom is -0.488 e. The SMILES string of the molecule is CC(C)(CCC(C)(C)Oc1ccccc1C(C)(C)C)Oc1ccccc1C(C)(C)C. The van der Waals surface area contributed by atoms with Gasteiger partial charge in [0.05, 0.1) is 0 Å². The fourth-order valence-electron chi connectivity index (χ4n) is 3.65. The van der Waals surface area contributed by atoms with Gasteiger partial charge in [-0.25, -0.2) is 0 Å². The molecule has 0 atom stereocenters. The van der Waals surface area contributed by atoms with Crippen LogP contribution in [0.1, 0.15) is 93.2 Å². The van der Waals surface area contributed by atoms with E-state index in [2.05, 4.69) is 118 Å². The normalized spacial score (nSPS) is 13.3. The van der Waals surface area contributed by atoms with E-state index < -0.39 is 0 Å². The third-order valence-electron chi connectivity index (χ3n) is 5.49. The molecule has 0 saturated carbocycles. The van der Waals surface area contributed by atoms with Gasteiger partial charge in [-0.3, -0.25) is 0 Å². The van der Waals surface area contributed by atoms with Crippen LogP contribution >= 0.6 is 0 Å². The second-order valence-corrected chi connectivity index (χ2v) is 11.7. The van der Waals surface area contributed by atoms with Gasteiger partial charge >= 0.3 is 0 Å². The van der Waals surface area contributed by atoms with E-state index >= 15 is 0 Å². The van der Waals surface area contributed by atoms with Crippen molar-refractivity contribution < 1.29 is 9.47 Å². The van der Waals surface area contributed by atoms with Crippen LogP contribution in [0.25, 0.3) is 0 Å². The monoisotopic (exact) mass is 410 g/mol. The van der Waals surface area contributed by atoms with Gasteiger partial charge in [-0.05, 0) is 74.6 Å². The predicted molar refractivity (Wildman–Crippen MR) is 129 cm³/mol. The molecular weight excluding hydrogens is 368 g/mol. The molecule has 2 heteroatoms. The summed E-state index contributed by atoms with van der Waals surface area (Å²) in [5.41, 5.74) is 2.01. The Morgan fingerprint density at radius 3 is 1.10 bits per heavy atom. The lowest BCUT2D eigenvalue weighted by Gasteiger charge is -2.35. The van der Waals surface area contributed by atoms with Crippen molar-refractivity contribution in [1.82, 2.24) is 0 Å². The van der Waals surface area contributed by atoms with Crippen LogP contribution in [-0.2, 0) is 10.8 Å². The number of hydrogen-bond donors (Lipinski definition) is 0. The molecule has 0 heterocycles. The maximum absolute atomic E-state index is 6.53.